The van der Waals surface area contributed by atoms with Gasteiger partial charge in [0.15, 0.2) is 0 Å². The van der Waals surface area contributed by atoms with Gasteiger partial charge in [0, 0.05) is 7.11 Å². The summed E-state index contributed by atoms with van der Waals surface area (Å²) in [6.45, 7) is -0.327. The number of methoxy groups -OCH3 is 1. The molecular formula is C10H10F4O2. The number of ether oxygens (including phenoxy) is 1. The lowest BCUT2D eigenvalue weighted by molar-refractivity contribution is -0.139. The molecule has 1 rings (SSSR count). The Bertz CT molecular complexity index is 362. The van der Waals surface area contributed by atoms with Crippen molar-refractivity contribution < 1.29 is 27.4 Å². The van der Waals surface area contributed by atoms with Gasteiger partial charge in [0.1, 0.15) is 11.9 Å². The second-order valence-electron chi connectivity index (χ2n) is 3.20. The average Bonchev–Trinajstić information content (AvgIpc) is 2.16. The third kappa shape index (κ3) is 2.93. The van der Waals surface area contributed by atoms with Crippen LogP contribution >= 0.6 is 0 Å². The number of rotatable bonds is 3. The van der Waals surface area contributed by atoms with Gasteiger partial charge in [-0.25, -0.2) is 4.39 Å². The smallest absolute Gasteiger partial charge is 0.386 e. The highest BCUT2D eigenvalue weighted by Crippen LogP contribution is 2.35. The van der Waals surface area contributed by atoms with Gasteiger partial charge in [0.05, 0.1) is 12.2 Å². The molecule has 0 aliphatic rings. The number of benzene rings is 1. The quantitative estimate of drug-likeness (QED) is 0.820. The summed E-state index contributed by atoms with van der Waals surface area (Å²) in [6, 6.07) is 1.96. The zero-order valence-electron chi connectivity index (χ0n) is 8.38. The lowest BCUT2D eigenvalue weighted by Crippen LogP contribution is -2.15. The molecule has 0 amide bonds. The van der Waals surface area contributed by atoms with Crippen LogP contribution in [0.3, 0.4) is 0 Å². The van der Waals surface area contributed by atoms with Crippen molar-refractivity contribution in [2.75, 3.05) is 13.7 Å². The maximum absolute atomic E-state index is 12.8. The molecule has 1 unspecified atom stereocenters. The van der Waals surface area contributed by atoms with Crippen LogP contribution in [0.2, 0.25) is 0 Å². The molecule has 0 aromatic heterocycles. The van der Waals surface area contributed by atoms with Crippen molar-refractivity contribution in [3.8, 4) is 0 Å². The van der Waals surface area contributed by atoms with E-state index in [1.54, 1.807) is 0 Å². The summed E-state index contributed by atoms with van der Waals surface area (Å²) in [5, 5.41) is 9.40. The Labute approximate surface area is 89.5 Å². The van der Waals surface area contributed by atoms with E-state index in [-0.39, 0.29) is 6.61 Å². The predicted octanol–water partition coefficient (Wildman–Crippen LogP) is 2.52. The normalized spacial score (nSPS) is 13.9. The van der Waals surface area contributed by atoms with Crippen molar-refractivity contribution in [3.05, 3.63) is 35.1 Å². The molecule has 0 saturated heterocycles. The summed E-state index contributed by atoms with van der Waals surface area (Å²) in [7, 11) is 1.23. The minimum absolute atomic E-state index is 0.327. The number of aliphatic hydroxyl groups excluding tert-OH is 1. The van der Waals surface area contributed by atoms with Crippen molar-refractivity contribution in [3.63, 3.8) is 0 Å². The Morgan fingerprint density at radius 2 is 2.00 bits per heavy atom. The highest BCUT2D eigenvalue weighted by Gasteiger charge is 2.35. The summed E-state index contributed by atoms with van der Waals surface area (Å²) < 4.78 is 54.9. The molecule has 0 radical (unpaired) electrons. The van der Waals surface area contributed by atoms with Crippen LogP contribution in [0, 0.1) is 5.82 Å². The van der Waals surface area contributed by atoms with Crippen molar-refractivity contribution in [2.24, 2.45) is 0 Å². The molecule has 0 bridgehead atoms. The van der Waals surface area contributed by atoms with E-state index in [1.165, 1.54) is 7.11 Å². The molecule has 1 N–H and O–H groups in total. The van der Waals surface area contributed by atoms with Crippen molar-refractivity contribution in [2.45, 2.75) is 12.3 Å². The van der Waals surface area contributed by atoms with E-state index in [0.29, 0.717) is 18.2 Å². The van der Waals surface area contributed by atoms with E-state index in [1.807, 2.05) is 0 Å². The molecule has 0 fully saturated rings. The van der Waals surface area contributed by atoms with Gasteiger partial charge in [0.2, 0.25) is 0 Å². The van der Waals surface area contributed by atoms with Crippen molar-refractivity contribution in [1.29, 1.82) is 0 Å². The van der Waals surface area contributed by atoms with Gasteiger partial charge in [-0.05, 0) is 23.8 Å². The van der Waals surface area contributed by atoms with E-state index in [4.69, 9.17) is 0 Å². The molecule has 1 aromatic carbocycles. The van der Waals surface area contributed by atoms with E-state index in [0.717, 1.165) is 0 Å². The van der Waals surface area contributed by atoms with E-state index in [9.17, 15) is 22.7 Å². The number of hydrogen-bond donors (Lipinski definition) is 1. The zero-order chi connectivity index (χ0) is 12.3. The van der Waals surface area contributed by atoms with Crippen LogP contribution < -0.4 is 0 Å². The zero-order valence-corrected chi connectivity index (χ0v) is 8.38. The van der Waals surface area contributed by atoms with Crippen LogP contribution in [0.5, 0.6) is 0 Å². The van der Waals surface area contributed by atoms with Crippen molar-refractivity contribution in [1.82, 2.24) is 0 Å². The topological polar surface area (TPSA) is 29.5 Å². The number of halogens is 4. The first-order valence-corrected chi connectivity index (χ1v) is 4.40. The summed E-state index contributed by atoms with van der Waals surface area (Å²) in [5.41, 5.74) is -1.58. The second-order valence-corrected chi connectivity index (χ2v) is 3.20. The Kier molecular flexibility index (Phi) is 3.88. The van der Waals surface area contributed by atoms with Gasteiger partial charge in [-0.2, -0.15) is 13.2 Å². The van der Waals surface area contributed by atoms with Gasteiger partial charge in [-0.15, -0.1) is 0 Å². The lowest BCUT2D eigenvalue weighted by Gasteiger charge is -2.16. The molecule has 2 nitrogen and oxygen atoms in total. The first-order chi connectivity index (χ1) is 7.36. The molecule has 0 spiro atoms. The van der Waals surface area contributed by atoms with Crippen molar-refractivity contribution >= 4 is 0 Å². The Morgan fingerprint density at radius 1 is 1.38 bits per heavy atom. The maximum Gasteiger partial charge on any atom is 0.416 e. The Hall–Kier alpha value is -1.14. The van der Waals surface area contributed by atoms with E-state index >= 15 is 0 Å². The predicted molar refractivity (Wildman–Crippen MR) is 48.2 cm³/mol. The molecule has 1 atom stereocenters. The number of hydrogen-bond acceptors (Lipinski definition) is 2. The summed E-state index contributed by atoms with van der Waals surface area (Å²) in [5.74, 6) is -0.835. The van der Waals surface area contributed by atoms with Gasteiger partial charge in [-0.1, -0.05) is 0 Å². The fourth-order valence-corrected chi connectivity index (χ4v) is 1.32. The summed E-state index contributed by atoms with van der Waals surface area (Å²) in [6.07, 6.45) is -6.13. The fourth-order valence-electron chi connectivity index (χ4n) is 1.32. The van der Waals surface area contributed by atoms with Gasteiger partial charge in [-0.3, -0.25) is 0 Å². The third-order valence-electron chi connectivity index (χ3n) is 2.00. The van der Waals surface area contributed by atoms with Crippen LogP contribution in [-0.2, 0) is 10.9 Å². The largest absolute Gasteiger partial charge is 0.416 e. The Balaban J connectivity index is 3.18. The molecule has 1 aromatic rings. The highest BCUT2D eigenvalue weighted by molar-refractivity contribution is 5.32. The van der Waals surface area contributed by atoms with E-state index in [2.05, 4.69) is 4.74 Å². The van der Waals surface area contributed by atoms with Crippen LogP contribution in [0.1, 0.15) is 17.2 Å². The van der Waals surface area contributed by atoms with Gasteiger partial charge in [0.25, 0.3) is 0 Å². The molecule has 0 aliphatic carbocycles. The summed E-state index contributed by atoms with van der Waals surface area (Å²) in [4.78, 5) is 0. The highest BCUT2D eigenvalue weighted by atomic mass is 19.4. The first-order valence-electron chi connectivity index (χ1n) is 4.40. The van der Waals surface area contributed by atoms with Crippen LogP contribution in [-0.4, -0.2) is 18.8 Å². The monoisotopic (exact) mass is 238 g/mol. The van der Waals surface area contributed by atoms with Crippen LogP contribution in [0.4, 0.5) is 17.6 Å². The first kappa shape index (κ1) is 12.9. The average molecular weight is 238 g/mol. The Morgan fingerprint density at radius 3 is 2.50 bits per heavy atom. The molecule has 16 heavy (non-hydrogen) atoms. The standard InChI is InChI=1S/C10H10F4O2/c1-16-5-9(15)7-4-6(11)2-3-8(7)10(12,13)14/h2-4,9,15H,5H2,1H3. The molecule has 0 aliphatic heterocycles. The molecule has 0 heterocycles. The SMILES string of the molecule is COCC(O)c1cc(F)ccc1C(F)(F)F. The van der Waals surface area contributed by atoms with E-state index < -0.39 is 29.2 Å². The van der Waals surface area contributed by atoms with Crippen LogP contribution in [0.25, 0.3) is 0 Å². The minimum atomic E-state index is -4.63. The molecule has 0 saturated carbocycles. The molecule has 6 heteroatoms. The summed E-state index contributed by atoms with van der Waals surface area (Å²) >= 11 is 0. The second kappa shape index (κ2) is 4.80. The maximum atomic E-state index is 12.8. The fraction of sp³-hybridized carbons (Fsp3) is 0.400. The molecular weight excluding hydrogens is 228 g/mol. The third-order valence-corrected chi connectivity index (χ3v) is 2.00. The molecule has 90 valence electrons. The lowest BCUT2D eigenvalue weighted by atomic mass is 10.0. The van der Waals surface area contributed by atoms with Crippen LogP contribution in [0.15, 0.2) is 18.2 Å². The van der Waals surface area contributed by atoms with Gasteiger partial charge >= 0.3 is 6.18 Å². The number of alkyl halides is 3. The minimum Gasteiger partial charge on any atom is -0.386 e. The van der Waals surface area contributed by atoms with Gasteiger partial charge < -0.3 is 9.84 Å². The number of aliphatic hydroxyl groups is 1.